The van der Waals surface area contributed by atoms with E-state index in [4.69, 9.17) is 5.73 Å². The van der Waals surface area contributed by atoms with Crippen molar-refractivity contribution < 1.29 is 8.78 Å². The van der Waals surface area contributed by atoms with Gasteiger partial charge in [-0.25, -0.2) is 13.8 Å². The topological polar surface area (TPSA) is 54.7 Å². The molecule has 17 heavy (non-hydrogen) atoms. The average Bonchev–Trinajstić information content (AvgIpc) is 2.70. The quantitative estimate of drug-likeness (QED) is 0.865. The van der Waals surface area contributed by atoms with E-state index in [1.807, 2.05) is 13.8 Å². The Labute approximate surface area is 98.0 Å². The fraction of sp³-hybridized carbons (Fsp3) is 0.417. The molecular weight excluding hydrogens is 224 g/mol. The highest BCUT2D eigenvalue weighted by atomic mass is 19.1. The van der Waals surface area contributed by atoms with Gasteiger partial charge in [0.25, 0.3) is 0 Å². The molecule has 1 heterocycles. The van der Waals surface area contributed by atoms with Crippen molar-refractivity contribution in [3.8, 4) is 0 Å². The minimum atomic E-state index is -0.668. The molecule has 0 aliphatic rings. The van der Waals surface area contributed by atoms with Crippen molar-refractivity contribution >= 4 is 11.0 Å². The van der Waals surface area contributed by atoms with Crippen LogP contribution in [0.15, 0.2) is 12.1 Å². The SMILES string of the molecule is CCC(C)C(N)c1nc2c(F)cc(F)cc2[nH]1. The first kappa shape index (κ1) is 12.0. The normalized spacial score (nSPS) is 15.1. The first-order valence-electron chi connectivity index (χ1n) is 5.63. The molecule has 5 heteroatoms. The van der Waals surface area contributed by atoms with Gasteiger partial charge in [0.15, 0.2) is 5.82 Å². The third-order valence-corrected chi connectivity index (χ3v) is 3.10. The highest BCUT2D eigenvalue weighted by Crippen LogP contribution is 2.24. The van der Waals surface area contributed by atoms with Crippen LogP contribution >= 0.6 is 0 Å². The Morgan fingerprint density at radius 1 is 1.41 bits per heavy atom. The second kappa shape index (κ2) is 4.41. The van der Waals surface area contributed by atoms with E-state index in [1.165, 1.54) is 6.07 Å². The minimum Gasteiger partial charge on any atom is -0.340 e. The molecule has 0 bridgehead atoms. The average molecular weight is 239 g/mol. The van der Waals surface area contributed by atoms with E-state index in [1.54, 1.807) is 0 Å². The summed E-state index contributed by atoms with van der Waals surface area (Å²) in [6.45, 7) is 4.02. The summed E-state index contributed by atoms with van der Waals surface area (Å²) >= 11 is 0. The van der Waals surface area contributed by atoms with Crippen LogP contribution in [0.2, 0.25) is 0 Å². The molecule has 0 aliphatic heterocycles. The lowest BCUT2D eigenvalue weighted by Crippen LogP contribution is -2.19. The minimum absolute atomic E-state index is 0.139. The molecule has 1 aromatic carbocycles. The van der Waals surface area contributed by atoms with Crippen molar-refractivity contribution in [3.05, 3.63) is 29.6 Å². The van der Waals surface area contributed by atoms with Crippen LogP contribution in [0.4, 0.5) is 8.78 Å². The number of nitrogens with two attached hydrogens (primary N) is 1. The zero-order valence-electron chi connectivity index (χ0n) is 9.80. The molecular formula is C12H15F2N3. The number of hydrogen-bond acceptors (Lipinski definition) is 2. The number of H-pyrrole nitrogens is 1. The Morgan fingerprint density at radius 3 is 2.76 bits per heavy atom. The number of aromatic amines is 1. The van der Waals surface area contributed by atoms with Gasteiger partial charge in [0.2, 0.25) is 0 Å². The maximum absolute atomic E-state index is 13.4. The number of nitrogens with zero attached hydrogens (tertiary/aromatic N) is 1. The van der Waals surface area contributed by atoms with E-state index in [-0.39, 0.29) is 17.5 Å². The van der Waals surface area contributed by atoms with Gasteiger partial charge in [-0.2, -0.15) is 0 Å². The summed E-state index contributed by atoms with van der Waals surface area (Å²) in [5.74, 6) is -0.566. The zero-order chi connectivity index (χ0) is 12.6. The Balaban J connectivity index is 2.48. The number of rotatable bonds is 3. The summed E-state index contributed by atoms with van der Waals surface area (Å²) < 4.78 is 26.5. The van der Waals surface area contributed by atoms with Crippen LogP contribution < -0.4 is 5.73 Å². The van der Waals surface area contributed by atoms with Gasteiger partial charge < -0.3 is 10.7 Å². The zero-order valence-corrected chi connectivity index (χ0v) is 9.80. The lowest BCUT2D eigenvalue weighted by atomic mass is 10.00. The summed E-state index contributed by atoms with van der Waals surface area (Å²) in [7, 11) is 0. The van der Waals surface area contributed by atoms with Gasteiger partial charge in [0.05, 0.1) is 11.6 Å². The van der Waals surface area contributed by atoms with E-state index >= 15 is 0 Å². The van der Waals surface area contributed by atoms with Crippen molar-refractivity contribution in [1.29, 1.82) is 0 Å². The smallest absolute Gasteiger partial charge is 0.153 e. The molecule has 0 aliphatic carbocycles. The van der Waals surface area contributed by atoms with Crippen LogP contribution in [0.25, 0.3) is 11.0 Å². The molecule has 0 radical (unpaired) electrons. The first-order valence-corrected chi connectivity index (χ1v) is 5.63. The number of nitrogens with one attached hydrogen (secondary N) is 1. The van der Waals surface area contributed by atoms with Crippen molar-refractivity contribution in [2.45, 2.75) is 26.3 Å². The third-order valence-electron chi connectivity index (χ3n) is 3.10. The molecule has 3 N–H and O–H groups in total. The van der Waals surface area contributed by atoms with Gasteiger partial charge >= 0.3 is 0 Å². The monoisotopic (exact) mass is 239 g/mol. The van der Waals surface area contributed by atoms with Crippen molar-refractivity contribution in [1.82, 2.24) is 9.97 Å². The van der Waals surface area contributed by atoms with Crippen LogP contribution in [0, 0.1) is 17.6 Å². The maximum Gasteiger partial charge on any atom is 0.153 e. The highest BCUT2D eigenvalue weighted by Gasteiger charge is 2.18. The Morgan fingerprint density at radius 2 is 2.12 bits per heavy atom. The second-order valence-corrected chi connectivity index (χ2v) is 4.32. The fourth-order valence-electron chi connectivity index (χ4n) is 1.74. The predicted molar refractivity (Wildman–Crippen MR) is 62.4 cm³/mol. The van der Waals surface area contributed by atoms with Crippen LogP contribution in [0.5, 0.6) is 0 Å². The molecule has 2 atom stereocenters. The van der Waals surface area contributed by atoms with Gasteiger partial charge in [-0.15, -0.1) is 0 Å². The molecule has 2 aromatic rings. The summed E-state index contributed by atoms with van der Waals surface area (Å²) in [6, 6.07) is 1.75. The Bertz CT molecular complexity index is 536. The van der Waals surface area contributed by atoms with Crippen LogP contribution in [-0.4, -0.2) is 9.97 Å². The lowest BCUT2D eigenvalue weighted by molar-refractivity contribution is 0.442. The lowest BCUT2D eigenvalue weighted by Gasteiger charge is -2.15. The summed E-state index contributed by atoms with van der Waals surface area (Å²) in [6.07, 6.45) is 0.898. The predicted octanol–water partition coefficient (Wildman–Crippen LogP) is 2.89. The molecule has 1 aromatic heterocycles. The number of halogens is 2. The van der Waals surface area contributed by atoms with Crippen molar-refractivity contribution in [3.63, 3.8) is 0 Å². The Kier molecular flexibility index (Phi) is 3.11. The van der Waals surface area contributed by atoms with Gasteiger partial charge in [-0.3, -0.25) is 0 Å². The van der Waals surface area contributed by atoms with Gasteiger partial charge in [-0.05, 0) is 12.0 Å². The molecule has 3 nitrogen and oxygen atoms in total. The van der Waals surface area contributed by atoms with E-state index < -0.39 is 11.6 Å². The molecule has 2 unspecified atom stereocenters. The second-order valence-electron chi connectivity index (χ2n) is 4.32. The molecule has 92 valence electrons. The standard InChI is InChI=1S/C12H15F2N3/c1-3-6(2)10(15)12-16-9-5-7(13)4-8(14)11(9)17-12/h4-6,10H,3,15H2,1-2H3,(H,16,17). The van der Waals surface area contributed by atoms with E-state index in [0.29, 0.717) is 11.3 Å². The van der Waals surface area contributed by atoms with Gasteiger partial charge in [0, 0.05) is 6.07 Å². The number of aromatic nitrogens is 2. The molecule has 0 saturated carbocycles. The van der Waals surface area contributed by atoms with Crippen LogP contribution in [0.3, 0.4) is 0 Å². The molecule has 0 spiro atoms. The molecule has 0 saturated heterocycles. The summed E-state index contributed by atoms with van der Waals surface area (Å²) in [4.78, 5) is 6.98. The van der Waals surface area contributed by atoms with E-state index in [2.05, 4.69) is 9.97 Å². The first-order chi connectivity index (χ1) is 8.02. The summed E-state index contributed by atoms with van der Waals surface area (Å²) in [5.41, 5.74) is 6.47. The number of benzene rings is 1. The van der Waals surface area contributed by atoms with Crippen LogP contribution in [-0.2, 0) is 0 Å². The van der Waals surface area contributed by atoms with Crippen molar-refractivity contribution in [2.24, 2.45) is 11.7 Å². The molecule has 2 rings (SSSR count). The van der Waals surface area contributed by atoms with Crippen molar-refractivity contribution in [2.75, 3.05) is 0 Å². The maximum atomic E-state index is 13.4. The van der Waals surface area contributed by atoms with Gasteiger partial charge in [-0.1, -0.05) is 20.3 Å². The largest absolute Gasteiger partial charge is 0.340 e. The van der Waals surface area contributed by atoms with Crippen LogP contribution in [0.1, 0.15) is 32.1 Å². The summed E-state index contributed by atoms with van der Waals surface area (Å²) in [5, 5.41) is 0. The Hall–Kier alpha value is -1.49. The number of imidazole rings is 1. The number of hydrogen-bond donors (Lipinski definition) is 2. The molecule has 0 fully saturated rings. The van der Waals surface area contributed by atoms with E-state index in [0.717, 1.165) is 12.5 Å². The molecule has 0 amide bonds. The number of fused-ring (bicyclic) bond motifs is 1. The fourth-order valence-corrected chi connectivity index (χ4v) is 1.74. The van der Waals surface area contributed by atoms with Gasteiger partial charge in [0.1, 0.15) is 17.2 Å². The third kappa shape index (κ3) is 2.15. The van der Waals surface area contributed by atoms with E-state index in [9.17, 15) is 8.78 Å². The highest BCUT2D eigenvalue weighted by molar-refractivity contribution is 5.75.